The Kier molecular flexibility index (Phi) is 8.15. The molecule has 1 nitrogen and oxygen atoms in total. The Hall–Kier alpha value is -0.0400. The predicted molar refractivity (Wildman–Crippen MR) is 108 cm³/mol. The maximum atomic E-state index is 6.21. The molecular formula is C24H44O. The third kappa shape index (κ3) is 5.72. The first-order valence-electron chi connectivity index (χ1n) is 11.9. The summed E-state index contributed by atoms with van der Waals surface area (Å²) in [6.45, 7) is 4.70. The highest BCUT2D eigenvalue weighted by Crippen LogP contribution is 2.50. The summed E-state index contributed by atoms with van der Waals surface area (Å²) in [5, 5.41) is 0. The number of rotatable bonds is 8. The Balaban J connectivity index is 1.45. The van der Waals surface area contributed by atoms with Gasteiger partial charge in [0, 0.05) is 13.2 Å². The van der Waals surface area contributed by atoms with Crippen molar-refractivity contribution in [2.75, 3.05) is 13.2 Å². The molecule has 3 aliphatic rings. The molecule has 0 N–H and O–H groups in total. The van der Waals surface area contributed by atoms with Crippen LogP contribution in [0, 0.1) is 23.2 Å². The van der Waals surface area contributed by atoms with Crippen LogP contribution in [0.4, 0.5) is 0 Å². The minimum atomic E-state index is 0.561. The van der Waals surface area contributed by atoms with Crippen molar-refractivity contribution in [3.05, 3.63) is 0 Å². The van der Waals surface area contributed by atoms with Crippen LogP contribution in [0.2, 0.25) is 0 Å². The molecule has 3 saturated carbocycles. The van der Waals surface area contributed by atoms with Gasteiger partial charge in [-0.2, -0.15) is 0 Å². The van der Waals surface area contributed by atoms with Crippen molar-refractivity contribution in [2.24, 2.45) is 23.2 Å². The van der Waals surface area contributed by atoms with E-state index in [2.05, 4.69) is 6.92 Å². The predicted octanol–water partition coefficient (Wildman–Crippen LogP) is 7.53. The molecule has 0 amide bonds. The standard InChI is InChI=1S/C24H44O/c1-24(22-13-7-3-8-14-22,23-15-9-4-10-16-23)18-20-25-19-17-21-11-5-2-6-12-21/h21-23H,2-20H2,1H3. The van der Waals surface area contributed by atoms with Gasteiger partial charge in [0.1, 0.15) is 0 Å². The van der Waals surface area contributed by atoms with Gasteiger partial charge in [0.15, 0.2) is 0 Å². The van der Waals surface area contributed by atoms with Gasteiger partial charge in [0.2, 0.25) is 0 Å². The molecule has 0 aromatic rings. The molecular weight excluding hydrogens is 304 g/mol. The number of hydrogen-bond acceptors (Lipinski definition) is 1. The van der Waals surface area contributed by atoms with E-state index in [0.717, 1.165) is 31.0 Å². The topological polar surface area (TPSA) is 9.23 Å². The van der Waals surface area contributed by atoms with Gasteiger partial charge in [-0.25, -0.2) is 0 Å². The molecule has 0 saturated heterocycles. The Morgan fingerprint density at radius 3 is 1.64 bits per heavy atom. The maximum absolute atomic E-state index is 6.21. The normalized spacial score (nSPS) is 25.3. The van der Waals surface area contributed by atoms with Crippen LogP contribution in [0.25, 0.3) is 0 Å². The van der Waals surface area contributed by atoms with Gasteiger partial charge < -0.3 is 4.74 Å². The maximum Gasteiger partial charge on any atom is 0.0471 e. The fraction of sp³-hybridized carbons (Fsp3) is 1.00. The average molecular weight is 349 g/mol. The van der Waals surface area contributed by atoms with Crippen LogP contribution in [-0.4, -0.2) is 13.2 Å². The van der Waals surface area contributed by atoms with Crippen molar-refractivity contribution in [1.82, 2.24) is 0 Å². The second-order valence-electron chi connectivity index (χ2n) is 9.83. The monoisotopic (exact) mass is 348 g/mol. The highest BCUT2D eigenvalue weighted by Gasteiger charge is 2.41. The van der Waals surface area contributed by atoms with Gasteiger partial charge in [0.05, 0.1) is 0 Å². The zero-order valence-electron chi connectivity index (χ0n) is 17.1. The first-order chi connectivity index (χ1) is 12.3. The fourth-order valence-electron chi connectivity index (χ4n) is 6.39. The highest BCUT2D eigenvalue weighted by molar-refractivity contribution is 4.91. The quantitative estimate of drug-likeness (QED) is 0.412. The largest absolute Gasteiger partial charge is 0.381 e. The van der Waals surface area contributed by atoms with Crippen LogP contribution in [0.5, 0.6) is 0 Å². The lowest BCUT2D eigenvalue weighted by molar-refractivity contribution is -0.00191. The molecule has 0 aromatic heterocycles. The number of ether oxygens (including phenoxy) is 1. The minimum Gasteiger partial charge on any atom is -0.381 e. The van der Waals surface area contributed by atoms with Crippen LogP contribution in [0.15, 0.2) is 0 Å². The van der Waals surface area contributed by atoms with Gasteiger partial charge in [-0.1, -0.05) is 77.6 Å². The van der Waals surface area contributed by atoms with Crippen molar-refractivity contribution in [2.45, 2.75) is 116 Å². The van der Waals surface area contributed by atoms with E-state index in [-0.39, 0.29) is 0 Å². The van der Waals surface area contributed by atoms with E-state index < -0.39 is 0 Å². The van der Waals surface area contributed by atoms with E-state index in [0.29, 0.717) is 5.41 Å². The lowest BCUT2D eigenvalue weighted by Crippen LogP contribution is -2.39. The molecule has 0 heterocycles. The molecule has 1 heteroatoms. The van der Waals surface area contributed by atoms with E-state index in [9.17, 15) is 0 Å². The van der Waals surface area contributed by atoms with Crippen LogP contribution >= 0.6 is 0 Å². The molecule has 0 spiro atoms. The van der Waals surface area contributed by atoms with Gasteiger partial charge in [-0.05, 0) is 61.7 Å². The third-order valence-corrected chi connectivity index (χ3v) is 8.26. The molecule has 0 aliphatic heterocycles. The molecule has 146 valence electrons. The Bertz CT molecular complexity index is 327. The van der Waals surface area contributed by atoms with Crippen molar-refractivity contribution in [3.63, 3.8) is 0 Å². The first-order valence-corrected chi connectivity index (χ1v) is 11.9. The second-order valence-corrected chi connectivity index (χ2v) is 9.83. The molecule has 0 aromatic carbocycles. The second kappa shape index (κ2) is 10.3. The molecule has 3 fully saturated rings. The summed E-state index contributed by atoms with van der Waals surface area (Å²) in [4.78, 5) is 0. The van der Waals surface area contributed by atoms with Crippen molar-refractivity contribution >= 4 is 0 Å². The highest BCUT2D eigenvalue weighted by atomic mass is 16.5. The Labute approximate surface area is 157 Å². The third-order valence-electron chi connectivity index (χ3n) is 8.26. The summed E-state index contributed by atoms with van der Waals surface area (Å²) in [6.07, 6.45) is 24.8. The first kappa shape index (κ1) is 19.7. The van der Waals surface area contributed by atoms with E-state index in [4.69, 9.17) is 4.74 Å². The minimum absolute atomic E-state index is 0.561. The summed E-state index contributed by atoms with van der Waals surface area (Å²) in [6, 6.07) is 0. The van der Waals surface area contributed by atoms with Gasteiger partial charge in [-0.15, -0.1) is 0 Å². The average Bonchev–Trinajstić information content (AvgIpc) is 2.70. The lowest BCUT2D eigenvalue weighted by Gasteiger charge is -2.47. The van der Waals surface area contributed by atoms with Crippen LogP contribution in [0.3, 0.4) is 0 Å². The van der Waals surface area contributed by atoms with Crippen molar-refractivity contribution in [3.8, 4) is 0 Å². The van der Waals surface area contributed by atoms with E-state index >= 15 is 0 Å². The summed E-state index contributed by atoms with van der Waals surface area (Å²) in [5.74, 6) is 2.93. The molecule has 0 bridgehead atoms. The van der Waals surface area contributed by atoms with Crippen LogP contribution < -0.4 is 0 Å². The zero-order valence-corrected chi connectivity index (χ0v) is 17.1. The van der Waals surface area contributed by atoms with Crippen LogP contribution in [-0.2, 0) is 4.74 Å². The summed E-state index contributed by atoms with van der Waals surface area (Å²) < 4.78 is 6.21. The summed E-state index contributed by atoms with van der Waals surface area (Å²) in [5.41, 5.74) is 0.561. The molecule has 3 rings (SSSR count). The smallest absolute Gasteiger partial charge is 0.0471 e. The molecule has 0 radical (unpaired) electrons. The van der Waals surface area contributed by atoms with Gasteiger partial charge in [-0.3, -0.25) is 0 Å². The van der Waals surface area contributed by atoms with Crippen LogP contribution in [0.1, 0.15) is 116 Å². The molecule has 3 aliphatic carbocycles. The van der Waals surface area contributed by atoms with Crippen molar-refractivity contribution < 1.29 is 4.74 Å². The molecule has 0 unspecified atom stereocenters. The number of hydrogen-bond donors (Lipinski definition) is 0. The Morgan fingerprint density at radius 1 is 0.640 bits per heavy atom. The van der Waals surface area contributed by atoms with Gasteiger partial charge in [0.25, 0.3) is 0 Å². The lowest BCUT2D eigenvalue weighted by atomic mass is 9.58. The molecule has 0 atom stereocenters. The Morgan fingerprint density at radius 2 is 1.12 bits per heavy atom. The van der Waals surface area contributed by atoms with Crippen molar-refractivity contribution in [1.29, 1.82) is 0 Å². The van der Waals surface area contributed by atoms with E-state index in [1.807, 2.05) is 0 Å². The van der Waals surface area contributed by atoms with E-state index in [1.165, 1.54) is 109 Å². The summed E-state index contributed by atoms with van der Waals surface area (Å²) >= 11 is 0. The molecule has 25 heavy (non-hydrogen) atoms. The van der Waals surface area contributed by atoms with E-state index in [1.54, 1.807) is 0 Å². The SMILES string of the molecule is CC(CCOCCC1CCCCC1)(C1CCCCC1)C1CCCCC1. The zero-order chi connectivity index (χ0) is 17.4. The fourth-order valence-corrected chi connectivity index (χ4v) is 6.39. The summed E-state index contributed by atoms with van der Waals surface area (Å²) in [7, 11) is 0. The van der Waals surface area contributed by atoms with Gasteiger partial charge >= 0.3 is 0 Å².